The third-order valence-corrected chi connectivity index (χ3v) is 5.47. The molecule has 0 amide bonds. The minimum Gasteiger partial charge on any atom is -0.511 e. The second kappa shape index (κ2) is 11.2. The zero-order valence-electron chi connectivity index (χ0n) is 15.5. The maximum Gasteiger partial charge on any atom is 0.168 e. The highest BCUT2D eigenvalue weighted by Gasteiger charge is 2.30. The van der Waals surface area contributed by atoms with Crippen LogP contribution in [0.2, 0.25) is 0 Å². The maximum atomic E-state index is 13.2. The number of aliphatic hydroxyl groups excluding tert-OH is 1. The molecule has 152 valence electrons. The molecule has 0 heterocycles. The van der Waals surface area contributed by atoms with E-state index in [4.69, 9.17) is 16.4 Å². The molecule has 1 aromatic rings. The molecule has 1 unspecified atom stereocenters. The van der Waals surface area contributed by atoms with Crippen LogP contribution >= 0.6 is 23.4 Å². The van der Waals surface area contributed by atoms with E-state index >= 15 is 0 Å². The summed E-state index contributed by atoms with van der Waals surface area (Å²) < 4.78 is 26.2. The summed E-state index contributed by atoms with van der Waals surface area (Å²) in [7, 11) is 0. The van der Waals surface area contributed by atoms with Gasteiger partial charge in [-0.1, -0.05) is 23.7 Å². The molecule has 1 aromatic carbocycles. The van der Waals surface area contributed by atoms with Crippen molar-refractivity contribution >= 4 is 34.9 Å². The molecule has 2 rings (SSSR count). The molecule has 0 aromatic heterocycles. The summed E-state index contributed by atoms with van der Waals surface area (Å²) in [6, 6.07) is 3.78. The van der Waals surface area contributed by atoms with Crippen LogP contribution in [0, 0.1) is 17.6 Å². The quantitative estimate of drug-likeness (QED) is 0.234. The SMILES string of the molecule is CC/C(=N/OC/C=C/Cl)C1=C(O)CC(CCSc2ccc(F)c(F)c2)CC1=O. The number of halogens is 3. The molecule has 1 atom stereocenters. The van der Waals surface area contributed by atoms with Gasteiger partial charge in [-0.15, -0.1) is 11.8 Å². The van der Waals surface area contributed by atoms with E-state index in [1.807, 2.05) is 6.92 Å². The summed E-state index contributed by atoms with van der Waals surface area (Å²) in [5.74, 6) is -1.26. The minimum absolute atomic E-state index is 0.00717. The number of carbonyl (C=O) groups excluding carboxylic acids is 1. The Morgan fingerprint density at radius 3 is 2.82 bits per heavy atom. The molecule has 0 bridgehead atoms. The van der Waals surface area contributed by atoms with Crippen LogP contribution in [0.5, 0.6) is 0 Å². The Morgan fingerprint density at radius 2 is 2.18 bits per heavy atom. The van der Waals surface area contributed by atoms with Crippen LogP contribution in [0.15, 0.2) is 51.2 Å². The van der Waals surface area contributed by atoms with E-state index < -0.39 is 11.6 Å². The number of Topliss-reactive ketones (excluding diaryl/α,β-unsaturated/α-hetero) is 1. The van der Waals surface area contributed by atoms with Crippen molar-refractivity contribution in [2.75, 3.05) is 12.4 Å². The molecule has 4 nitrogen and oxygen atoms in total. The summed E-state index contributed by atoms with van der Waals surface area (Å²) in [5.41, 5.74) is 1.97. The molecule has 1 N–H and O–H groups in total. The van der Waals surface area contributed by atoms with Crippen LogP contribution in [0.3, 0.4) is 0 Å². The number of carbonyl (C=O) groups is 1. The number of allylic oxidation sites excluding steroid dienone is 2. The maximum absolute atomic E-state index is 13.2. The fourth-order valence-corrected chi connectivity index (χ4v) is 4.01. The van der Waals surface area contributed by atoms with E-state index in [2.05, 4.69) is 5.16 Å². The summed E-state index contributed by atoms with van der Waals surface area (Å²) >= 11 is 6.80. The van der Waals surface area contributed by atoms with Gasteiger partial charge in [-0.25, -0.2) is 8.78 Å². The van der Waals surface area contributed by atoms with E-state index in [0.29, 0.717) is 42.0 Å². The normalized spacial score (nSPS) is 18.2. The zero-order valence-corrected chi connectivity index (χ0v) is 17.0. The van der Waals surface area contributed by atoms with Gasteiger partial charge >= 0.3 is 0 Å². The van der Waals surface area contributed by atoms with Crippen molar-refractivity contribution in [3.05, 3.63) is 52.8 Å². The van der Waals surface area contributed by atoms with Crippen molar-refractivity contribution in [1.29, 1.82) is 0 Å². The van der Waals surface area contributed by atoms with Gasteiger partial charge in [-0.2, -0.15) is 0 Å². The first kappa shape index (κ1) is 22.4. The summed E-state index contributed by atoms with van der Waals surface area (Å²) in [5, 5.41) is 14.3. The van der Waals surface area contributed by atoms with Gasteiger partial charge < -0.3 is 9.94 Å². The van der Waals surface area contributed by atoms with Crippen molar-refractivity contribution in [3.8, 4) is 0 Å². The highest BCUT2D eigenvalue weighted by atomic mass is 35.5. The average molecular weight is 430 g/mol. The van der Waals surface area contributed by atoms with Gasteiger partial charge in [0.15, 0.2) is 17.4 Å². The molecule has 28 heavy (non-hydrogen) atoms. The number of nitrogens with zero attached hydrogens (tertiary/aromatic N) is 1. The molecule has 0 aliphatic heterocycles. The summed E-state index contributed by atoms with van der Waals surface area (Å²) in [4.78, 5) is 18.3. The molecule has 0 fully saturated rings. The number of oxime groups is 1. The van der Waals surface area contributed by atoms with Gasteiger partial charge in [0.25, 0.3) is 0 Å². The molecule has 0 radical (unpaired) electrons. The zero-order chi connectivity index (χ0) is 20.5. The van der Waals surface area contributed by atoms with E-state index in [9.17, 15) is 18.7 Å². The Labute approximate surface area is 172 Å². The average Bonchev–Trinajstić information content (AvgIpc) is 2.66. The van der Waals surface area contributed by atoms with Crippen molar-refractivity contribution in [3.63, 3.8) is 0 Å². The fraction of sp³-hybridized carbons (Fsp3) is 0.400. The van der Waals surface area contributed by atoms with E-state index in [1.54, 1.807) is 6.08 Å². The smallest absolute Gasteiger partial charge is 0.168 e. The second-order valence-electron chi connectivity index (χ2n) is 6.28. The topological polar surface area (TPSA) is 58.9 Å². The molecule has 1 aliphatic rings. The highest BCUT2D eigenvalue weighted by molar-refractivity contribution is 7.99. The lowest BCUT2D eigenvalue weighted by molar-refractivity contribution is -0.116. The first-order valence-corrected chi connectivity index (χ1v) is 10.4. The first-order chi connectivity index (χ1) is 13.5. The van der Waals surface area contributed by atoms with Gasteiger partial charge in [-0.3, -0.25) is 4.79 Å². The van der Waals surface area contributed by atoms with Gasteiger partial charge in [0.2, 0.25) is 0 Å². The van der Waals surface area contributed by atoms with Crippen molar-refractivity contribution in [2.45, 2.75) is 37.5 Å². The van der Waals surface area contributed by atoms with Crippen LogP contribution < -0.4 is 0 Å². The fourth-order valence-electron chi connectivity index (χ4n) is 2.90. The number of thioether (sulfide) groups is 1. The van der Waals surface area contributed by atoms with Gasteiger partial charge in [-0.05, 0) is 48.8 Å². The number of ketones is 1. The van der Waals surface area contributed by atoms with Crippen molar-refractivity contribution < 1.29 is 23.5 Å². The Hall–Kier alpha value is -1.86. The van der Waals surface area contributed by atoms with Crippen LogP contribution in [-0.4, -0.2) is 29.0 Å². The lowest BCUT2D eigenvalue weighted by Gasteiger charge is -2.23. The largest absolute Gasteiger partial charge is 0.511 e. The Balaban J connectivity index is 1.94. The number of hydrogen-bond acceptors (Lipinski definition) is 5. The predicted molar refractivity (Wildman–Crippen MR) is 108 cm³/mol. The molecular formula is C20H22ClF2NO3S. The van der Waals surface area contributed by atoms with E-state index in [1.165, 1.54) is 23.4 Å². The highest BCUT2D eigenvalue weighted by Crippen LogP contribution is 2.31. The lowest BCUT2D eigenvalue weighted by Crippen LogP contribution is -2.25. The Bertz CT molecular complexity index is 796. The molecular weight excluding hydrogens is 408 g/mol. The Kier molecular flexibility index (Phi) is 8.99. The van der Waals surface area contributed by atoms with Crippen LogP contribution in [-0.2, 0) is 9.63 Å². The third kappa shape index (κ3) is 6.34. The number of benzene rings is 1. The summed E-state index contributed by atoms with van der Waals surface area (Å²) in [6.45, 7) is 2.01. The number of aliphatic hydroxyl groups is 1. The summed E-state index contributed by atoms with van der Waals surface area (Å²) in [6.07, 6.45) is 3.36. The molecule has 0 saturated heterocycles. The Morgan fingerprint density at radius 1 is 1.39 bits per heavy atom. The predicted octanol–water partition coefficient (Wildman–Crippen LogP) is 5.77. The van der Waals surface area contributed by atoms with Gasteiger partial charge in [0.05, 0.1) is 11.3 Å². The lowest BCUT2D eigenvalue weighted by atomic mass is 9.83. The molecule has 0 saturated carbocycles. The van der Waals surface area contributed by atoms with Crippen molar-refractivity contribution in [2.24, 2.45) is 11.1 Å². The van der Waals surface area contributed by atoms with Crippen LogP contribution in [0.1, 0.15) is 32.6 Å². The molecule has 8 heteroatoms. The molecule has 0 spiro atoms. The standard InChI is InChI=1S/C20H22ClF2NO3S/c1-2-17(24-27-8-3-7-21)20-18(25)10-13(11-19(20)26)6-9-28-14-4-5-15(22)16(23)12-14/h3-5,7,12-13,25H,2,6,8-11H2,1H3/b7-3+,24-17-. The second-order valence-corrected chi connectivity index (χ2v) is 7.70. The monoisotopic (exact) mass is 429 g/mol. The van der Waals surface area contributed by atoms with Crippen LogP contribution in [0.4, 0.5) is 8.78 Å². The van der Waals surface area contributed by atoms with Crippen molar-refractivity contribution in [1.82, 2.24) is 0 Å². The molecule has 1 aliphatic carbocycles. The van der Waals surface area contributed by atoms with Gasteiger partial charge in [0.1, 0.15) is 12.4 Å². The number of hydrogen-bond donors (Lipinski definition) is 1. The van der Waals surface area contributed by atoms with Crippen LogP contribution in [0.25, 0.3) is 0 Å². The van der Waals surface area contributed by atoms with E-state index in [-0.39, 0.29) is 29.6 Å². The third-order valence-electron chi connectivity index (χ3n) is 4.27. The first-order valence-electron chi connectivity index (χ1n) is 8.93. The minimum atomic E-state index is -0.877. The number of rotatable bonds is 9. The van der Waals surface area contributed by atoms with Gasteiger partial charge in [0, 0.05) is 23.3 Å². The van der Waals surface area contributed by atoms with E-state index in [0.717, 1.165) is 12.1 Å².